The number of amides is 1. The number of pyridine rings is 1. The Balaban J connectivity index is 0.00000306. The molecular formula is C23H28Cl2N4O3S. The van der Waals surface area contributed by atoms with E-state index in [-0.39, 0.29) is 24.9 Å². The second-order valence-electron chi connectivity index (χ2n) is 8.21. The molecule has 0 unspecified atom stereocenters. The number of halogens is 2. The molecule has 0 bridgehead atoms. The van der Waals surface area contributed by atoms with Crippen molar-refractivity contribution in [3.8, 4) is 0 Å². The van der Waals surface area contributed by atoms with Gasteiger partial charge in [0.2, 0.25) is 15.9 Å². The van der Waals surface area contributed by atoms with Crippen LogP contribution in [0.4, 0.5) is 5.69 Å². The monoisotopic (exact) mass is 510 g/mol. The molecule has 0 N–H and O–H groups in total. The number of nitrogens with zero attached hydrogens (tertiary/aromatic N) is 4. The molecule has 0 atom stereocenters. The normalized spacial score (nSPS) is 18.5. The number of rotatable bonds is 6. The summed E-state index contributed by atoms with van der Waals surface area (Å²) in [6.45, 7) is 3.23. The van der Waals surface area contributed by atoms with Gasteiger partial charge < -0.3 is 9.80 Å². The molecule has 4 rings (SSSR count). The smallest absolute Gasteiger partial charge is 0.237 e. The Morgan fingerprint density at radius 3 is 2.30 bits per heavy atom. The first-order valence-electron chi connectivity index (χ1n) is 10.8. The molecule has 33 heavy (non-hydrogen) atoms. The zero-order valence-corrected chi connectivity index (χ0v) is 20.6. The zero-order valence-electron chi connectivity index (χ0n) is 18.2. The summed E-state index contributed by atoms with van der Waals surface area (Å²) in [4.78, 5) is 20.9. The van der Waals surface area contributed by atoms with E-state index >= 15 is 0 Å². The summed E-state index contributed by atoms with van der Waals surface area (Å²) >= 11 is 5.86. The van der Waals surface area contributed by atoms with Gasteiger partial charge in [0, 0.05) is 61.2 Å². The van der Waals surface area contributed by atoms with E-state index in [1.165, 1.54) is 16.1 Å². The standard InChI is InChI=1S/C23H27ClN4O3S.ClH/c24-21-3-1-19(2-4-21)9-16-32(30,31)28-15-14-27(23(29)18-28)17-20-7-12-26(13-8-20)22-5-10-25-11-6-22;/h1-6,9-11,16,20H,7-8,12-15,17-18H2;1H/b16-9+;. The highest BCUT2D eigenvalue weighted by molar-refractivity contribution is 7.92. The largest absolute Gasteiger partial charge is 0.371 e. The fourth-order valence-corrected chi connectivity index (χ4v) is 5.42. The first-order valence-corrected chi connectivity index (χ1v) is 12.7. The Hall–Kier alpha value is -2.13. The van der Waals surface area contributed by atoms with Crippen LogP contribution in [-0.2, 0) is 14.8 Å². The highest BCUT2D eigenvalue weighted by Crippen LogP contribution is 2.24. The number of carbonyl (C=O) groups is 1. The highest BCUT2D eigenvalue weighted by Gasteiger charge is 2.32. The summed E-state index contributed by atoms with van der Waals surface area (Å²) in [6, 6.07) is 10.9. The third kappa shape index (κ3) is 6.69. The Morgan fingerprint density at radius 1 is 1.00 bits per heavy atom. The van der Waals surface area contributed by atoms with Crippen LogP contribution in [-0.4, -0.2) is 67.8 Å². The summed E-state index contributed by atoms with van der Waals surface area (Å²) in [6.07, 6.45) is 7.16. The Bertz CT molecular complexity index is 1060. The molecule has 0 aliphatic carbocycles. The van der Waals surface area contributed by atoms with Crippen molar-refractivity contribution in [2.45, 2.75) is 12.8 Å². The average Bonchev–Trinajstić information content (AvgIpc) is 2.81. The molecule has 3 heterocycles. The Kier molecular flexibility index (Phi) is 8.75. The van der Waals surface area contributed by atoms with E-state index in [1.54, 1.807) is 36.7 Å². The zero-order chi connectivity index (χ0) is 22.6. The fraction of sp³-hybridized carbons (Fsp3) is 0.391. The first kappa shape index (κ1) is 25.5. The number of piperazine rings is 1. The van der Waals surface area contributed by atoms with Gasteiger partial charge in [0.05, 0.1) is 6.54 Å². The number of anilines is 1. The van der Waals surface area contributed by atoms with Gasteiger partial charge in [-0.3, -0.25) is 9.78 Å². The summed E-state index contributed by atoms with van der Waals surface area (Å²) in [5, 5.41) is 1.75. The van der Waals surface area contributed by atoms with Crippen molar-refractivity contribution in [3.05, 3.63) is 64.8 Å². The van der Waals surface area contributed by atoms with Gasteiger partial charge in [-0.1, -0.05) is 23.7 Å². The van der Waals surface area contributed by atoms with Gasteiger partial charge in [-0.25, -0.2) is 8.42 Å². The lowest BCUT2D eigenvalue weighted by Crippen LogP contribution is -2.53. The van der Waals surface area contributed by atoms with E-state index < -0.39 is 10.0 Å². The first-order chi connectivity index (χ1) is 15.4. The van der Waals surface area contributed by atoms with Gasteiger partial charge in [0.15, 0.2) is 0 Å². The summed E-state index contributed by atoms with van der Waals surface area (Å²) < 4.78 is 26.6. The fourth-order valence-electron chi connectivity index (χ4n) is 4.16. The van der Waals surface area contributed by atoms with Crippen LogP contribution in [0.25, 0.3) is 6.08 Å². The summed E-state index contributed by atoms with van der Waals surface area (Å²) in [5.74, 6) is 0.307. The minimum absolute atomic E-state index is 0. The van der Waals surface area contributed by atoms with Crippen molar-refractivity contribution in [2.75, 3.05) is 44.2 Å². The second kappa shape index (κ2) is 11.3. The molecule has 2 fully saturated rings. The molecule has 0 radical (unpaired) electrons. The molecule has 0 spiro atoms. The molecular weight excluding hydrogens is 483 g/mol. The van der Waals surface area contributed by atoms with E-state index in [1.807, 2.05) is 17.0 Å². The molecule has 1 amide bonds. The van der Waals surface area contributed by atoms with Crippen LogP contribution >= 0.6 is 24.0 Å². The lowest BCUT2D eigenvalue weighted by atomic mass is 9.95. The van der Waals surface area contributed by atoms with Crippen LogP contribution < -0.4 is 4.90 Å². The van der Waals surface area contributed by atoms with Crippen molar-refractivity contribution >= 4 is 51.7 Å². The maximum absolute atomic E-state index is 12.7. The quantitative estimate of drug-likeness (QED) is 0.594. The third-order valence-corrected chi connectivity index (χ3v) is 7.83. The van der Waals surface area contributed by atoms with Crippen LogP contribution in [0.1, 0.15) is 18.4 Å². The number of sulfonamides is 1. The lowest BCUT2D eigenvalue weighted by Gasteiger charge is -2.38. The van der Waals surface area contributed by atoms with Crippen LogP contribution in [0.5, 0.6) is 0 Å². The van der Waals surface area contributed by atoms with Crippen LogP contribution in [0.2, 0.25) is 5.02 Å². The van der Waals surface area contributed by atoms with E-state index in [2.05, 4.69) is 9.88 Å². The van der Waals surface area contributed by atoms with Gasteiger partial charge in [-0.2, -0.15) is 4.31 Å². The summed E-state index contributed by atoms with van der Waals surface area (Å²) in [7, 11) is -3.66. The van der Waals surface area contributed by atoms with Crippen molar-refractivity contribution in [3.63, 3.8) is 0 Å². The number of piperidine rings is 1. The number of hydrogen-bond donors (Lipinski definition) is 0. The maximum Gasteiger partial charge on any atom is 0.237 e. The molecule has 7 nitrogen and oxygen atoms in total. The predicted molar refractivity (Wildman–Crippen MR) is 134 cm³/mol. The minimum Gasteiger partial charge on any atom is -0.371 e. The molecule has 0 saturated carbocycles. The van der Waals surface area contributed by atoms with Gasteiger partial charge in [-0.15, -0.1) is 12.4 Å². The lowest BCUT2D eigenvalue weighted by molar-refractivity contribution is -0.134. The maximum atomic E-state index is 12.7. The third-order valence-electron chi connectivity index (χ3n) is 6.07. The SMILES string of the molecule is Cl.O=C1CN(S(=O)(=O)/C=C/c2ccc(Cl)cc2)CCN1CC1CCN(c2ccncc2)CC1. The number of carbonyl (C=O) groups excluding carboxylic acids is 1. The average molecular weight is 511 g/mol. The predicted octanol–water partition coefficient (Wildman–Crippen LogP) is 3.52. The molecule has 10 heteroatoms. The van der Waals surface area contributed by atoms with Gasteiger partial charge in [-0.05, 0) is 54.7 Å². The molecule has 2 aliphatic rings. The van der Waals surface area contributed by atoms with E-state index in [4.69, 9.17) is 11.6 Å². The van der Waals surface area contributed by atoms with E-state index in [0.717, 1.165) is 36.9 Å². The number of hydrogen-bond acceptors (Lipinski definition) is 5. The van der Waals surface area contributed by atoms with Gasteiger partial charge in [0.1, 0.15) is 0 Å². The Morgan fingerprint density at radius 2 is 1.67 bits per heavy atom. The van der Waals surface area contributed by atoms with E-state index in [9.17, 15) is 13.2 Å². The Labute approximate surface area is 206 Å². The molecule has 1 aromatic carbocycles. The molecule has 178 valence electrons. The van der Waals surface area contributed by atoms with Crippen molar-refractivity contribution < 1.29 is 13.2 Å². The van der Waals surface area contributed by atoms with Crippen LogP contribution in [0.15, 0.2) is 54.2 Å². The molecule has 2 saturated heterocycles. The minimum atomic E-state index is -3.66. The molecule has 1 aromatic heterocycles. The van der Waals surface area contributed by atoms with Crippen LogP contribution in [0.3, 0.4) is 0 Å². The number of aromatic nitrogens is 1. The highest BCUT2D eigenvalue weighted by atomic mass is 35.5. The van der Waals surface area contributed by atoms with Crippen LogP contribution in [0, 0.1) is 5.92 Å². The molecule has 2 aromatic rings. The van der Waals surface area contributed by atoms with Crippen molar-refractivity contribution in [2.24, 2.45) is 5.92 Å². The van der Waals surface area contributed by atoms with E-state index in [0.29, 0.717) is 30.6 Å². The van der Waals surface area contributed by atoms with Gasteiger partial charge in [0.25, 0.3) is 0 Å². The molecule has 2 aliphatic heterocycles. The van der Waals surface area contributed by atoms with Crippen molar-refractivity contribution in [1.29, 1.82) is 0 Å². The van der Waals surface area contributed by atoms with Gasteiger partial charge >= 0.3 is 0 Å². The van der Waals surface area contributed by atoms with Crippen molar-refractivity contribution in [1.82, 2.24) is 14.2 Å². The second-order valence-corrected chi connectivity index (χ2v) is 10.5. The topological polar surface area (TPSA) is 73.8 Å². The number of benzene rings is 1. The summed E-state index contributed by atoms with van der Waals surface area (Å²) in [5.41, 5.74) is 1.92.